The maximum absolute atomic E-state index is 8.84. The first kappa shape index (κ1) is 5.95. The number of nitrogens with zero attached hydrogens (tertiary/aromatic N) is 1. The highest BCUT2D eigenvalue weighted by Crippen LogP contribution is 2.10. The molecule has 1 N–H and O–H groups in total. The number of rotatable bonds is 1. The Hall–Kier alpha value is -1.18. The zero-order chi connectivity index (χ0) is 6.85. The molecule has 1 aromatic rings. The van der Waals surface area contributed by atoms with E-state index in [4.69, 9.17) is 5.11 Å². The summed E-state index contributed by atoms with van der Waals surface area (Å²) in [6, 6.07) is 1.62. The van der Waals surface area contributed by atoms with Gasteiger partial charge in [-0.15, -0.1) is 0 Å². The van der Waals surface area contributed by atoms with Crippen LogP contribution in [0.15, 0.2) is 25.0 Å². The first-order valence-corrected chi connectivity index (χ1v) is 2.73. The molecule has 0 fully saturated rings. The Morgan fingerprint density at radius 1 is 1.78 bits per heavy atom. The third kappa shape index (κ3) is 1.13. The van der Waals surface area contributed by atoms with Crippen molar-refractivity contribution in [3.8, 4) is 5.75 Å². The van der Waals surface area contributed by atoms with Crippen molar-refractivity contribution in [1.29, 1.82) is 0 Å². The fraction of sp³-hybridized carbons (Fsp3) is 0.143. The van der Waals surface area contributed by atoms with Gasteiger partial charge in [0.25, 0.3) is 0 Å². The van der Waals surface area contributed by atoms with Gasteiger partial charge in [0, 0.05) is 11.9 Å². The average molecular weight is 123 g/mol. The van der Waals surface area contributed by atoms with Gasteiger partial charge in [0.2, 0.25) is 0 Å². The summed E-state index contributed by atoms with van der Waals surface area (Å²) in [4.78, 5) is 0. The molecule has 0 unspecified atom stereocenters. The predicted octanol–water partition coefficient (Wildman–Crippen LogP) is 1.68. The summed E-state index contributed by atoms with van der Waals surface area (Å²) in [7, 11) is 0. The zero-order valence-corrected chi connectivity index (χ0v) is 5.33. The molecular weight excluding hydrogens is 114 g/mol. The van der Waals surface area contributed by atoms with Gasteiger partial charge in [0.05, 0.1) is 6.20 Å². The fourth-order valence-electron chi connectivity index (χ4n) is 0.623. The monoisotopic (exact) mass is 123 g/mol. The maximum Gasteiger partial charge on any atom is 0.133 e. The second-order valence-corrected chi connectivity index (χ2v) is 2.01. The van der Waals surface area contributed by atoms with E-state index in [1.807, 2.05) is 6.92 Å². The number of hydrogen-bond acceptors (Lipinski definition) is 1. The van der Waals surface area contributed by atoms with E-state index >= 15 is 0 Å². The van der Waals surface area contributed by atoms with Crippen LogP contribution in [0.2, 0.25) is 0 Å². The molecule has 0 atom stereocenters. The highest BCUT2D eigenvalue weighted by molar-refractivity contribution is 5.40. The third-order valence-electron chi connectivity index (χ3n) is 1.12. The van der Waals surface area contributed by atoms with Gasteiger partial charge in [0.15, 0.2) is 0 Å². The van der Waals surface area contributed by atoms with Crippen LogP contribution in [-0.4, -0.2) is 9.67 Å². The van der Waals surface area contributed by atoms with Crippen molar-refractivity contribution < 1.29 is 5.11 Å². The molecule has 2 heteroatoms. The maximum atomic E-state index is 8.84. The van der Waals surface area contributed by atoms with Gasteiger partial charge in [-0.3, -0.25) is 0 Å². The van der Waals surface area contributed by atoms with Gasteiger partial charge in [-0.25, -0.2) is 0 Å². The Bertz CT molecular complexity index is 225. The highest BCUT2D eigenvalue weighted by Gasteiger charge is 1.90. The molecule has 0 saturated heterocycles. The molecule has 9 heavy (non-hydrogen) atoms. The standard InChI is InChI=1S/C7H9NO/c1-6(2)8-4-3-7(9)5-8/h3-5,9H,1H2,2H3. The third-order valence-corrected chi connectivity index (χ3v) is 1.12. The molecule has 1 aromatic heterocycles. The Balaban J connectivity index is 2.98. The molecule has 0 aliphatic heterocycles. The van der Waals surface area contributed by atoms with Crippen molar-refractivity contribution in [3.63, 3.8) is 0 Å². The van der Waals surface area contributed by atoms with Crippen molar-refractivity contribution in [2.45, 2.75) is 6.92 Å². The van der Waals surface area contributed by atoms with Crippen LogP contribution < -0.4 is 0 Å². The molecule has 0 saturated carbocycles. The van der Waals surface area contributed by atoms with E-state index < -0.39 is 0 Å². The minimum atomic E-state index is 0.276. The van der Waals surface area contributed by atoms with Crippen molar-refractivity contribution in [3.05, 3.63) is 25.0 Å². The van der Waals surface area contributed by atoms with Crippen LogP contribution in [-0.2, 0) is 0 Å². The molecule has 0 aromatic carbocycles. The van der Waals surface area contributed by atoms with Crippen LogP contribution in [0.1, 0.15) is 6.92 Å². The Labute approximate surface area is 54.0 Å². The van der Waals surface area contributed by atoms with Crippen LogP contribution >= 0.6 is 0 Å². The molecule has 0 aliphatic rings. The summed E-state index contributed by atoms with van der Waals surface area (Å²) < 4.78 is 1.76. The predicted molar refractivity (Wildman–Crippen MR) is 37.1 cm³/mol. The quantitative estimate of drug-likeness (QED) is 0.604. The van der Waals surface area contributed by atoms with E-state index in [1.165, 1.54) is 0 Å². The molecule has 0 radical (unpaired) electrons. The normalized spacial score (nSPS) is 9.44. The van der Waals surface area contributed by atoms with Crippen LogP contribution in [0.4, 0.5) is 0 Å². The second-order valence-electron chi connectivity index (χ2n) is 2.01. The molecule has 0 spiro atoms. The van der Waals surface area contributed by atoms with Gasteiger partial charge in [-0.1, -0.05) is 6.58 Å². The zero-order valence-electron chi connectivity index (χ0n) is 5.33. The van der Waals surface area contributed by atoms with Crippen molar-refractivity contribution in [2.24, 2.45) is 0 Å². The number of aromatic nitrogens is 1. The fourth-order valence-corrected chi connectivity index (χ4v) is 0.623. The van der Waals surface area contributed by atoms with E-state index in [9.17, 15) is 0 Å². The van der Waals surface area contributed by atoms with E-state index in [2.05, 4.69) is 6.58 Å². The summed E-state index contributed by atoms with van der Waals surface area (Å²) >= 11 is 0. The van der Waals surface area contributed by atoms with Gasteiger partial charge in [0.1, 0.15) is 5.75 Å². The lowest BCUT2D eigenvalue weighted by molar-refractivity contribution is 0.475. The lowest BCUT2D eigenvalue weighted by atomic mass is 10.5. The summed E-state index contributed by atoms with van der Waals surface area (Å²) in [5, 5.41) is 8.84. The molecule has 0 amide bonds. The van der Waals surface area contributed by atoms with Gasteiger partial charge in [-0.2, -0.15) is 0 Å². The summed E-state index contributed by atoms with van der Waals surface area (Å²) in [6.45, 7) is 5.56. The van der Waals surface area contributed by atoms with E-state index in [0.717, 1.165) is 5.70 Å². The minimum absolute atomic E-state index is 0.276. The molecule has 0 bridgehead atoms. The molecule has 2 nitrogen and oxygen atoms in total. The van der Waals surface area contributed by atoms with E-state index in [1.54, 1.807) is 23.0 Å². The SMILES string of the molecule is C=C(C)n1ccc(O)c1. The molecule has 48 valence electrons. The van der Waals surface area contributed by atoms with E-state index in [0.29, 0.717) is 0 Å². The van der Waals surface area contributed by atoms with Crippen LogP contribution in [0.5, 0.6) is 5.75 Å². The number of aromatic hydroxyl groups is 1. The molecule has 1 rings (SSSR count). The summed E-state index contributed by atoms with van der Waals surface area (Å²) in [6.07, 6.45) is 3.38. The second kappa shape index (κ2) is 1.97. The van der Waals surface area contributed by atoms with Crippen molar-refractivity contribution in [2.75, 3.05) is 0 Å². The lowest BCUT2D eigenvalue weighted by Gasteiger charge is -1.95. The number of allylic oxidation sites excluding steroid dienone is 1. The smallest absolute Gasteiger partial charge is 0.133 e. The van der Waals surface area contributed by atoms with Crippen molar-refractivity contribution in [1.82, 2.24) is 4.57 Å². The molecule has 0 aliphatic carbocycles. The molecule has 1 heterocycles. The molecular formula is C7H9NO. The van der Waals surface area contributed by atoms with Crippen LogP contribution in [0, 0.1) is 0 Å². The number of hydrogen-bond donors (Lipinski definition) is 1. The van der Waals surface area contributed by atoms with Gasteiger partial charge in [-0.05, 0) is 13.0 Å². The first-order chi connectivity index (χ1) is 4.20. The van der Waals surface area contributed by atoms with E-state index in [-0.39, 0.29) is 5.75 Å². The Morgan fingerprint density at radius 3 is 2.67 bits per heavy atom. The topological polar surface area (TPSA) is 25.2 Å². The Kier molecular flexibility index (Phi) is 1.30. The summed E-state index contributed by atoms with van der Waals surface area (Å²) in [5.41, 5.74) is 0.898. The van der Waals surface area contributed by atoms with Crippen LogP contribution in [0.3, 0.4) is 0 Å². The largest absolute Gasteiger partial charge is 0.506 e. The van der Waals surface area contributed by atoms with Crippen LogP contribution in [0.25, 0.3) is 5.70 Å². The first-order valence-electron chi connectivity index (χ1n) is 2.73. The van der Waals surface area contributed by atoms with Crippen molar-refractivity contribution >= 4 is 5.70 Å². The minimum Gasteiger partial charge on any atom is -0.506 e. The van der Waals surface area contributed by atoms with Gasteiger partial charge >= 0.3 is 0 Å². The highest BCUT2D eigenvalue weighted by atomic mass is 16.3. The summed E-state index contributed by atoms with van der Waals surface area (Å²) in [5.74, 6) is 0.276. The Morgan fingerprint density at radius 2 is 2.44 bits per heavy atom. The van der Waals surface area contributed by atoms with Gasteiger partial charge < -0.3 is 9.67 Å². The average Bonchev–Trinajstić information content (AvgIpc) is 2.14. The lowest BCUT2D eigenvalue weighted by Crippen LogP contribution is -1.83.